The Labute approximate surface area is 155 Å². The van der Waals surface area contributed by atoms with Crippen molar-refractivity contribution in [2.45, 2.75) is 17.7 Å². The van der Waals surface area contributed by atoms with Crippen LogP contribution in [0.15, 0.2) is 76.8 Å². The number of aromatic nitrogens is 2. The van der Waals surface area contributed by atoms with Gasteiger partial charge in [0.2, 0.25) is 0 Å². The largest absolute Gasteiger partial charge is 0.341 e. The number of carbonyl (C=O) groups is 1. The molecule has 1 aromatic heterocycles. The van der Waals surface area contributed by atoms with Crippen LogP contribution < -0.4 is 10.9 Å². The molecule has 1 amide bonds. The maximum atomic E-state index is 12.9. The van der Waals surface area contributed by atoms with E-state index in [9.17, 15) is 9.59 Å². The summed E-state index contributed by atoms with van der Waals surface area (Å²) in [5.41, 5.74) is 1.71. The summed E-state index contributed by atoms with van der Waals surface area (Å²) in [5, 5.41) is 3.67. The van der Waals surface area contributed by atoms with Crippen molar-refractivity contribution in [1.29, 1.82) is 0 Å². The van der Waals surface area contributed by atoms with Crippen LogP contribution in [0.3, 0.4) is 0 Å². The van der Waals surface area contributed by atoms with Gasteiger partial charge in [0.05, 0.1) is 6.04 Å². The van der Waals surface area contributed by atoms with E-state index in [1.807, 2.05) is 60.7 Å². The predicted octanol–water partition coefficient (Wildman–Crippen LogP) is 2.87. The normalized spacial score (nSPS) is 12.8. The van der Waals surface area contributed by atoms with Gasteiger partial charge < -0.3 is 5.32 Å². The zero-order valence-corrected chi connectivity index (χ0v) is 14.8. The zero-order valence-electron chi connectivity index (χ0n) is 14.0. The molecule has 2 heterocycles. The second kappa shape index (κ2) is 7.17. The minimum absolute atomic E-state index is 0.0770. The van der Waals surface area contributed by atoms with Gasteiger partial charge in [-0.15, -0.1) is 0 Å². The molecule has 0 saturated carbocycles. The molecule has 5 nitrogen and oxygen atoms in total. The molecule has 2 aromatic carbocycles. The molecule has 0 spiro atoms. The minimum atomic E-state index is -0.410. The van der Waals surface area contributed by atoms with Crippen LogP contribution in [0.5, 0.6) is 0 Å². The number of thioether (sulfide) groups is 1. The molecule has 6 heteroatoms. The monoisotopic (exact) mass is 363 g/mol. The van der Waals surface area contributed by atoms with Gasteiger partial charge in [-0.2, -0.15) is 0 Å². The number of benzene rings is 2. The van der Waals surface area contributed by atoms with Gasteiger partial charge in [-0.25, -0.2) is 4.98 Å². The topological polar surface area (TPSA) is 64.0 Å². The predicted molar refractivity (Wildman–Crippen MR) is 101 cm³/mol. The molecule has 26 heavy (non-hydrogen) atoms. The number of nitrogens with zero attached hydrogens (tertiary/aromatic N) is 2. The molecule has 0 unspecified atom stereocenters. The molecule has 0 saturated heterocycles. The summed E-state index contributed by atoms with van der Waals surface area (Å²) in [5.74, 6) is 0.400. The lowest BCUT2D eigenvalue weighted by Crippen LogP contribution is -2.35. The maximum absolute atomic E-state index is 12.9. The van der Waals surface area contributed by atoms with Gasteiger partial charge in [0.25, 0.3) is 11.5 Å². The molecule has 3 aromatic rings. The Morgan fingerprint density at radius 2 is 1.65 bits per heavy atom. The second-order valence-electron chi connectivity index (χ2n) is 5.99. The molecular formula is C20H17N3O2S. The van der Waals surface area contributed by atoms with Gasteiger partial charge in [-0.05, 0) is 11.1 Å². The van der Waals surface area contributed by atoms with E-state index in [4.69, 9.17) is 0 Å². The quantitative estimate of drug-likeness (QED) is 0.724. The SMILES string of the molecule is O=C(NC(c1ccccc1)c1ccccc1)c1cnc2n(c1=O)CCS2. The Kier molecular flexibility index (Phi) is 4.58. The first kappa shape index (κ1) is 16.6. The number of nitrogens with one attached hydrogen (secondary N) is 1. The number of hydrogen-bond donors (Lipinski definition) is 1. The first-order valence-corrected chi connectivity index (χ1v) is 9.36. The van der Waals surface area contributed by atoms with Crippen molar-refractivity contribution in [3.63, 3.8) is 0 Å². The number of carbonyl (C=O) groups excluding carboxylic acids is 1. The van der Waals surface area contributed by atoms with Crippen LogP contribution in [0.1, 0.15) is 27.5 Å². The smallest absolute Gasteiger partial charge is 0.267 e. The summed E-state index contributed by atoms with van der Waals surface area (Å²) in [6.45, 7) is 0.591. The fourth-order valence-electron chi connectivity index (χ4n) is 3.03. The molecular weight excluding hydrogens is 346 g/mol. The van der Waals surface area contributed by atoms with Crippen molar-refractivity contribution >= 4 is 17.7 Å². The highest BCUT2D eigenvalue weighted by atomic mass is 32.2. The lowest BCUT2D eigenvalue weighted by molar-refractivity contribution is 0.0940. The molecule has 130 valence electrons. The average Bonchev–Trinajstić information content (AvgIpc) is 3.17. The van der Waals surface area contributed by atoms with Crippen LogP contribution in [-0.2, 0) is 6.54 Å². The Hall–Kier alpha value is -2.86. The standard InChI is InChI=1S/C20H17N3O2S/c24-18(16-13-21-20-23(19(16)25)11-12-26-20)22-17(14-7-3-1-4-8-14)15-9-5-2-6-10-15/h1-10,13,17H,11-12H2,(H,22,24). The van der Waals surface area contributed by atoms with Gasteiger partial charge in [0.15, 0.2) is 5.16 Å². The van der Waals surface area contributed by atoms with Crippen molar-refractivity contribution in [1.82, 2.24) is 14.9 Å². The second-order valence-corrected chi connectivity index (χ2v) is 7.05. The number of rotatable bonds is 4. The Morgan fingerprint density at radius 3 is 2.27 bits per heavy atom. The minimum Gasteiger partial charge on any atom is -0.341 e. The van der Waals surface area contributed by atoms with E-state index in [-0.39, 0.29) is 17.2 Å². The van der Waals surface area contributed by atoms with Gasteiger partial charge >= 0.3 is 0 Å². The molecule has 1 aliphatic heterocycles. The lowest BCUT2D eigenvalue weighted by atomic mass is 9.98. The Balaban J connectivity index is 1.69. The number of hydrogen-bond acceptors (Lipinski definition) is 4. The first-order valence-electron chi connectivity index (χ1n) is 8.37. The van der Waals surface area contributed by atoms with Gasteiger partial charge in [0, 0.05) is 18.5 Å². The Bertz CT molecular complexity index is 947. The van der Waals surface area contributed by atoms with Gasteiger partial charge in [0.1, 0.15) is 5.56 Å². The maximum Gasteiger partial charge on any atom is 0.267 e. The summed E-state index contributed by atoms with van der Waals surface area (Å²) in [6.07, 6.45) is 1.38. The molecule has 0 aliphatic carbocycles. The summed E-state index contributed by atoms with van der Waals surface area (Å²) < 4.78 is 1.57. The fraction of sp³-hybridized carbons (Fsp3) is 0.150. The summed E-state index contributed by atoms with van der Waals surface area (Å²) in [7, 11) is 0. The highest BCUT2D eigenvalue weighted by Gasteiger charge is 2.23. The third kappa shape index (κ3) is 3.15. The van der Waals surface area contributed by atoms with E-state index in [1.54, 1.807) is 4.57 Å². The van der Waals surface area contributed by atoms with Crippen molar-refractivity contribution in [2.75, 3.05) is 5.75 Å². The average molecular weight is 363 g/mol. The van der Waals surface area contributed by atoms with Crippen LogP contribution in [0.25, 0.3) is 0 Å². The van der Waals surface area contributed by atoms with Crippen molar-refractivity contribution in [3.8, 4) is 0 Å². The molecule has 0 bridgehead atoms. The van der Waals surface area contributed by atoms with E-state index in [0.717, 1.165) is 16.9 Å². The van der Waals surface area contributed by atoms with Crippen molar-refractivity contribution in [2.24, 2.45) is 0 Å². The lowest BCUT2D eigenvalue weighted by Gasteiger charge is -2.20. The molecule has 4 rings (SSSR count). The van der Waals surface area contributed by atoms with Gasteiger partial charge in [-0.1, -0.05) is 72.4 Å². The van der Waals surface area contributed by atoms with E-state index in [0.29, 0.717) is 11.7 Å². The van der Waals surface area contributed by atoms with Crippen LogP contribution in [0, 0.1) is 0 Å². The third-order valence-electron chi connectivity index (χ3n) is 4.34. The van der Waals surface area contributed by atoms with Crippen molar-refractivity contribution in [3.05, 3.63) is 93.9 Å². The molecule has 0 radical (unpaired) electrons. The number of amides is 1. The molecule has 1 aliphatic rings. The summed E-state index contributed by atoms with van der Waals surface area (Å²) >= 11 is 1.53. The highest BCUT2D eigenvalue weighted by Crippen LogP contribution is 2.23. The molecule has 0 atom stereocenters. The van der Waals surface area contributed by atoms with Gasteiger partial charge in [-0.3, -0.25) is 14.2 Å². The number of fused-ring (bicyclic) bond motifs is 1. The molecule has 0 fully saturated rings. The summed E-state index contributed by atoms with van der Waals surface area (Å²) in [6, 6.07) is 19.1. The van der Waals surface area contributed by atoms with E-state index < -0.39 is 5.91 Å². The van der Waals surface area contributed by atoms with Crippen LogP contribution in [-0.4, -0.2) is 21.2 Å². The van der Waals surface area contributed by atoms with Crippen LogP contribution >= 0.6 is 11.8 Å². The fourth-order valence-corrected chi connectivity index (χ4v) is 3.95. The first-order chi connectivity index (χ1) is 12.7. The van der Waals surface area contributed by atoms with Crippen LogP contribution in [0.2, 0.25) is 0 Å². The Morgan fingerprint density at radius 1 is 1.04 bits per heavy atom. The van der Waals surface area contributed by atoms with Crippen molar-refractivity contribution < 1.29 is 4.79 Å². The summed E-state index contributed by atoms with van der Waals surface area (Å²) in [4.78, 5) is 29.7. The van der Waals surface area contributed by atoms with E-state index in [2.05, 4.69) is 10.3 Å². The highest BCUT2D eigenvalue weighted by molar-refractivity contribution is 7.99. The van der Waals surface area contributed by atoms with E-state index in [1.165, 1.54) is 18.0 Å². The van der Waals surface area contributed by atoms with E-state index >= 15 is 0 Å². The zero-order chi connectivity index (χ0) is 17.9. The molecule has 1 N–H and O–H groups in total. The van der Waals surface area contributed by atoms with Crippen LogP contribution in [0.4, 0.5) is 0 Å². The third-order valence-corrected chi connectivity index (χ3v) is 5.31.